The van der Waals surface area contributed by atoms with Gasteiger partial charge in [0.2, 0.25) is 5.95 Å². The van der Waals surface area contributed by atoms with Gasteiger partial charge in [0.1, 0.15) is 4.90 Å². The van der Waals surface area contributed by atoms with Gasteiger partial charge in [-0.15, -0.1) is 0 Å². The fourth-order valence-electron chi connectivity index (χ4n) is 3.06. The van der Waals surface area contributed by atoms with Gasteiger partial charge in [-0.3, -0.25) is 4.98 Å². The van der Waals surface area contributed by atoms with Crippen LogP contribution in [0.2, 0.25) is 0 Å². The van der Waals surface area contributed by atoms with Gasteiger partial charge in [0.15, 0.2) is 9.84 Å². The van der Waals surface area contributed by atoms with E-state index in [2.05, 4.69) is 20.3 Å². The Hall–Kier alpha value is -2.06. The van der Waals surface area contributed by atoms with Crippen LogP contribution in [0, 0.1) is 0 Å². The van der Waals surface area contributed by atoms with E-state index in [9.17, 15) is 8.42 Å². The largest absolute Gasteiger partial charge is 0.339 e. The second-order valence-corrected chi connectivity index (χ2v) is 8.44. The Kier molecular flexibility index (Phi) is 5.29. The molecule has 0 spiro atoms. The predicted molar refractivity (Wildman–Crippen MR) is 96.3 cm³/mol. The third kappa shape index (κ3) is 4.32. The highest BCUT2D eigenvalue weighted by atomic mass is 32.2. The summed E-state index contributed by atoms with van der Waals surface area (Å²) in [4.78, 5) is 15.2. The number of nitrogens with one attached hydrogen (secondary N) is 1. The Labute approximate surface area is 148 Å². The number of sulfone groups is 1. The van der Waals surface area contributed by atoms with Crippen molar-refractivity contribution in [3.05, 3.63) is 42.0 Å². The molecule has 2 aromatic heterocycles. The fraction of sp³-hybridized carbons (Fsp3) is 0.471. The number of aromatic nitrogens is 3. The molecule has 1 fully saturated rings. The molecule has 1 saturated heterocycles. The van der Waals surface area contributed by atoms with E-state index in [0.717, 1.165) is 31.5 Å². The molecule has 1 atom stereocenters. The normalized spacial score (nSPS) is 18.1. The quantitative estimate of drug-likeness (QED) is 0.860. The monoisotopic (exact) mass is 361 g/mol. The maximum Gasteiger partial charge on any atom is 0.225 e. The van der Waals surface area contributed by atoms with Crippen molar-refractivity contribution in [2.45, 2.75) is 30.2 Å². The first kappa shape index (κ1) is 17.8. The van der Waals surface area contributed by atoms with E-state index in [1.54, 1.807) is 12.4 Å². The summed E-state index contributed by atoms with van der Waals surface area (Å²) < 4.78 is 24.3. The Balaban J connectivity index is 1.92. The van der Waals surface area contributed by atoms with E-state index < -0.39 is 9.84 Å². The summed E-state index contributed by atoms with van der Waals surface area (Å²) in [6.45, 7) is 2.31. The van der Waals surface area contributed by atoms with Crippen molar-refractivity contribution < 1.29 is 8.42 Å². The molecule has 0 aliphatic carbocycles. The van der Waals surface area contributed by atoms with Crippen LogP contribution >= 0.6 is 0 Å². The summed E-state index contributed by atoms with van der Waals surface area (Å²) in [6.07, 6.45) is 8.13. The van der Waals surface area contributed by atoms with E-state index in [4.69, 9.17) is 0 Å². The molecule has 134 valence electrons. The van der Waals surface area contributed by atoms with Gasteiger partial charge < -0.3 is 10.2 Å². The van der Waals surface area contributed by atoms with Crippen molar-refractivity contribution >= 4 is 15.8 Å². The average Bonchev–Trinajstić information content (AvgIpc) is 2.62. The van der Waals surface area contributed by atoms with Crippen LogP contribution in [-0.4, -0.2) is 49.8 Å². The Bertz CT molecular complexity index is 820. The molecule has 0 bridgehead atoms. The Morgan fingerprint density at radius 2 is 2.20 bits per heavy atom. The highest BCUT2D eigenvalue weighted by Gasteiger charge is 2.25. The van der Waals surface area contributed by atoms with Crippen molar-refractivity contribution in [2.75, 3.05) is 31.3 Å². The zero-order chi connectivity index (χ0) is 17.9. The first-order valence-electron chi connectivity index (χ1n) is 8.33. The highest BCUT2D eigenvalue weighted by molar-refractivity contribution is 7.90. The van der Waals surface area contributed by atoms with Crippen LogP contribution in [-0.2, 0) is 16.4 Å². The van der Waals surface area contributed by atoms with Crippen molar-refractivity contribution in [3.8, 4) is 0 Å². The van der Waals surface area contributed by atoms with Crippen LogP contribution in [0.5, 0.6) is 0 Å². The zero-order valence-electron chi connectivity index (χ0n) is 14.5. The molecule has 1 aliphatic rings. The minimum Gasteiger partial charge on any atom is -0.339 e. The topological polar surface area (TPSA) is 88.1 Å². The lowest BCUT2D eigenvalue weighted by atomic mass is 9.96. The minimum atomic E-state index is -3.37. The Morgan fingerprint density at radius 1 is 1.36 bits per heavy atom. The minimum absolute atomic E-state index is 0.0898. The standard InChI is InChI=1S/C17H23N5O2S/c1-22(12-13-5-3-7-18-9-13)17-20-11-15(25(2,23)24)16(21-17)14-6-4-8-19-10-14/h3,5,7,9,11,14,19H,4,6,8,10,12H2,1-2H3/t14-/m1/s1. The van der Waals surface area contributed by atoms with E-state index in [1.807, 2.05) is 24.1 Å². The fourth-order valence-corrected chi connectivity index (χ4v) is 3.89. The maximum absolute atomic E-state index is 12.1. The molecule has 3 rings (SSSR count). The third-order valence-corrected chi connectivity index (χ3v) is 5.45. The van der Waals surface area contributed by atoms with Crippen LogP contribution in [0.25, 0.3) is 0 Å². The van der Waals surface area contributed by atoms with Crippen LogP contribution in [0.15, 0.2) is 35.6 Å². The molecule has 0 amide bonds. The number of piperidine rings is 1. The van der Waals surface area contributed by atoms with Crippen molar-refractivity contribution in [3.63, 3.8) is 0 Å². The molecule has 8 heteroatoms. The molecular weight excluding hydrogens is 338 g/mol. The van der Waals surface area contributed by atoms with E-state index in [0.29, 0.717) is 18.2 Å². The lowest BCUT2D eigenvalue weighted by molar-refractivity contribution is 0.447. The molecule has 0 radical (unpaired) electrons. The van der Waals surface area contributed by atoms with Crippen LogP contribution in [0.1, 0.15) is 30.0 Å². The van der Waals surface area contributed by atoms with Crippen LogP contribution in [0.3, 0.4) is 0 Å². The van der Waals surface area contributed by atoms with Gasteiger partial charge in [-0.25, -0.2) is 18.4 Å². The average molecular weight is 361 g/mol. The number of pyridine rings is 1. The molecule has 0 aromatic carbocycles. The molecule has 7 nitrogen and oxygen atoms in total. The second kappa shape index (κ2) is 7.45. The summed E-state index contributed by atoms with van der Waals surface area (Å²) in [5.74, 6) is 0.615. The molecule has 0 saturated carbocycles. The molecule has 1 N–H and O–H groups in total. The molecular formula is C17H23N5O2S. The number of hydrogen-bond acceptors (Lipinski definition) is 7. The first-order valence-corrected chi connectivity index (χ1v) is 10.2. The van der Waals surface area contributed by atoms with Gasteiger partial charge in [-0.2, -0.15) is 0 Å². The summed E-state index contributed by atoms with van der Waals surface area (Å²) >= 11 is 0. The smallest absolute Gasteiger partial charge is 0.225 e. The van der Waals surface area contributed by atoms with Gasteiger partial charge in [0.05, 0.1) is 11.9 Å². The molecule has 3 heterocycles. The summed E-state index contributed by atoms with van der Waals surface area (Å²) in [7, 11) is -1.47. The Morgan fingerprint density at radius 3 is 2.84 bits per heavy atom. The number of nitrogens with zero attached hydrogens (tertiary/aromatic N) is 4. The molecule has 1 aliphatic heterocycles. The molecule has 25 heavy (non-hydrogen) atoms. The van der Waals surface area contributed by atoms with Gasteiger partial charge in [-0.05, 0) is 31.0 Å². The first-order chi connectivity index (χ1) is 11.9. The maximum atomic E-state index is 12.1. The zero-order valence-corrected chi connectivity index (χ0v) is 15.3. The van der Waals surface area contributed by atoms with Crippen molar-refractivity contribution in [1.29, 1.82) is 0 Å². The number of anilines is 1. The second-order valence-electron chi connectivity index (χ2n) is 6.45. The lowest BCUT2D eigenvalue weighted by Crippen LogP contribution is -2.30. The SMILES string of the molecule is CN(Cc1cccnc1)c1ncc(S(C)(=O)=O)c([C@@H]2CCCNC2)n1. The molecule has 0 unspecified atom stereocenters. The van der Waals surface area contributed by atoms with E-state index in [-0.39, 0.29) is 10.8 Å². The summed E-state index contributed by atoms with van der Waals surface area (Å²) in [5.41, 5.74) is 1.67. The van der Waals surface area contributed by atoms with Crippen LogP contribution in [0.4, 0.5) is 5.95 Å². The van der Waals surface area contributed by atoms with Gasteiger partial charge in [0, 0.05) is 44.7 Å². The van der Waals surface area contributed by atoms with Crippen molar-refractivity contribution in [1.82, 2.24) is 20.3 Å². The van der Waals surface area contributed by atoms with Gasteiger partial charge in [0.25, 0.3) is 0 Å². The summed E-state index contributed by atoms with van der Waals surface area (Å²) in [5, 5.41) is 3.32. The molecule has 2 aromatic rings. The lowest BCUT2D eigenvalue weighted by Gasteiger charge is -2.25. The summed E-state index contributed by atoms with van der Waals surface area (Å²) in [6, 6.07) is 3.87. The van der Waals surface area contributed by atoms with E-state index in [1.165, 1.54) is 12.5 Å². The third-order valence-electron chi connectivity index (χ3n) is 4.34. The number of rotatable bonds is 5. The van der Waals surface area contributed by atoms with Gasteiger partial charge >= 0.3 is 0 Å². The number of hydrogen-bond donors (Lipinski definition) is 1. The van der Waals surface area contributed by atoms with Gasteiger partial charge in [-0.1, -0.05) is 6.07 Å². The predicted octanol–water partition coefficient (Wildman–Crippen LogP) is 1.38. The van der Waals surface area contributed by atoms with E-state index >= 15 is 0 Å². The highest BCUT2D eigenvalue weighted by Crippen LogP contribution is 2.28. The van der Waals surface area contributed by atoms with Crippen LogP contribution < -0.4 is 10.2 Å². The van der Waals surface area contributed by atoms with Crippen molar-refractivity contribution in [2.24, 2.45) is 0 Å².